The van der Waals surface area contributed by atoms with Crippen LogP contribution in [-0.4, -0.2) is 32.5 Å². The summed E-state index contributed by atoms with van der Waals surface area (Å²) in [6.07, 6.45) is 5.97. The van der Waals surface area contributed by atoms with Crippen molar-refractivity contribution >= 4 is 29.0 Å². The second-order valence-corrected chi connectivity index (χ2v) is 8.41. The molecule has 2 aromatic heterocycles. The van der Waals surface area contributed by atoms with Gasteiger partial charge in [0.15, 0.2) is 11.0 Å². The molecule has 0 spiro atoms. The third kappa shape index (κ3) is 3.83. The van der Waals surface area contributed by atoms with Gasteiger partial charge >= 0.3 is 0 Å². The summed E-state index contributed by atoms with van der Waals surface area (Å²) in [5, 5.41) is 14.6. The molecule has 7 heteroatoms. The van der Waals surface area contributed by atoms with Crippen molar-refractivity contribution in [2.75, 3.05) is 5.75 Å². The van der Waals surface area contributed by atoms with Crippen molar-refractivity contribution in [1.29, 1.82) is 0 Å². The van der Waals surface area contributed by atoms with Crippen molar-refractivity contribution < 1.29 is 4.79 Å². The smallest absolute Gasteiger partial charge is 0.230 e. The van der Waals surface area contributed by atoms with Crippen LogP contribution in [0.5, 0.6) is 0 Å². The van der Waals surface area contributed by atoms with Crippen molar-refractivity contribution in [2.45, 2.75) is 57.1 Å². The van der Waals surface area contributed by atoms with E-state index in [4.69, 9.17) is 0 Å². The van der Waals surface area contributed by atoms with E-state index < -0.39 is 0 Å². The van der Waals surface area contributed by atoms with Gasteiger partial charge in [-0.2, -0.15) is 0 Å². The fourth-order valence-corrected chi connectivity index (χ4v) is 4.64. The van der Waals surface area contributed by atoms with Crippen molar-refractivity contribution in [3.8, 4) is 11.4 Å². The first-order valence-corrected chi connectivity index (χ1v) is 10.3. The molecule has 1 saturated carbocycles. The molecule has 0 aliphatic heterocycles. The van der Waals surface area contributed by atoms with Crippen molar-refractivity contribution in [2.24, 2.45) is 7.05 Å². The first-order chi connectivity index (χ1) is 11.6. The van der Waals surface area contributed by atoms with Crippen molar-refractivity contribution in [3.63, 3.8) is 0 Å². The molecule has 1 amide bonds. The fraction of sp³-hybridized carbons (Fsp3) is 0.588. The van der Waals surface area contributed by atoms with Crippen LogP contribution >= 0.6 is 23.1 Å². The highest BCUT2D eigenvalue weighted by Gasteiger charge is 2.18. The monoisotopic (exact) mass is 364 g/mol. The summed E-state index contributed by atoms with van der Waals surface area (Å²) in [5.74, 6) is 1.36. The summed E-state index contributed by atoms with van der Waals surface area (Å²) >= 11 is 3.18. The summed E-state index contributed by atoms with van der Waals surface area (Å²) in [6.45, 7) is 4.23. The predicted octanol–water partition coefficient (Wildman–Crippen LogP) is 3.70. The van der Waals surface area contributed by atoms with E-state index in [0.717, 1.165) is 29.4 Å². The van der Waals surface area contributed by atoms with Gasteiger partial charge in [-0.05, 0) is 32.3 Å². The van der Waals surface area contributed by atoms with Gasteiger partial charge < -0.3 is 9.88 Å². The summed E-state index contributed by atoms with van der Waals surface area (Å²) in [7, 11) is 1.96. The Morgan fingerprint density at radius 1 is 1.33 bits per heavy atom. The Kier molecular flexibility index (Phi) is 5.61. The molecule has 0 bridgehead atoms. The lowest BCUT2D eigenvalue weighted by molar-refractivity contribution is -0.119. The summed E-state index contributed by atoms with van der Waals surface area (Å²) in [6, 6.07) is 0.360. The van der Waals surface area contributed by atoms with Crippen LogP contribution in [0.15, 0.2) is 10.5 Å². The number of thiophene rings is 1. The third-order valence-electron chi connectivity index (χ3n) is 4.66. The number of carbonyl (C=O) groups is 1. The van der Waals surface area contributed by atoms with Gasteiger partial charge in [0, 0.05) is 28.9 Å². The summed E-state index contributed by atoms with van der Waals surface area (Å²) < 4.78 is 1.98. The van der Waals surface area contributed by atoms with Crippen LogP contribution in [0, 0.1) is 13.8 Å². The standard InChI is InChI=1S/C17H24N4OS2/c1-11-12(2)23-9-14(11)16-19-20-17(21(16)3)24-10-15(22)18-13-7-5-4-6-8-13/h9,13H,4-8,10H2,1-3H3,(H,18,22). The number of hydrogen-bond donors (Lipinski definition) is 1. The molecule has 0 atom stereocenters. The average Bonchev–Trinajstić information content (AvgIpc) is 3.10. The van der Waals surface area contributed by atoms with Crippen molar-refractivity contribution in [3.05, 3.63) is 15.8 Å². The van der Waals surface area contributed by atoms with E-state index in [2.05, 4.69) is 34.7 Å². The highest BCUT2D eigenvalue weighted by molar-refractivity contribution is 7.99. The SMILES string of the molecule is Cc1scc(-c2nnc(SCC(=O)NC3CCCCC3)n2C)c1C. The van der Waals surface area contributed by atoms with Crippen LogP contribution in [0.4, 0.5) is 0 Å². The van der Waals surface area contributed by atoms with E-state index in [1.54, 1.807) is 11.3 Å². The number of aromatic nitrogens is 3. The first kappa shape index (κ1) is 17.5. The van der Waals surface area contributed by atoms with Gasteiger partial charge in [0.1, 0.15) is 0 Å². The topological polar surface area (TPSA) is 59.8 Å². The molecular weight excluding hydrogens is 340 g/mol. The van der Waals surface area contributed by atoms with E-state index in [1.165, 1.54) is 41.5 Å². The molecule has 0 unspecified atom stereocenters. The number of carbonyl (C=O) groups excluding carboxylic acids is 1. The number of nitrogens with one attached hydrogen (secondary N) is 1. The quantitative estimate of drug-likeness (QED) is 0.822. The minimum atomic E-state index is 0.0963. The van der Waals surface area contributed by atoms with Crippen molar-refractivity contribution in [1.82, 2.24) is 20.1 Å². The lowest BCUT2D eigenvalue weighted by Gasteiger charge is -2.22. The molecule has 0 aromatic carbocycles. The van der Waals surface area contributed by atoms with E-state index in [0.29, 0.717) is 11.8 Å². The molecule has 3 rings (SSSR count). The van der Waals surface area contributed by atoms with E-state index in [9.17, 15) is 4.79 Å². The minimum Gasteiger partial charge on any atom is -0.353 e. The van der Waals surface area contributed by atoms with Crippen LogP contribution in [0.25, 0.3) is 11.4 Å². The van der Waals surface area contributed by atoms with Gasteiger partial charge in [-0.1, -0.05) is 31.0 Å². The van der Waals surface area contributed by atoms with Gasteiger partial charge in [-0.15, -0.1) is 21.5 Å². The molecule has 1 N–H and O–H groups in total. The zero-order chi connectivity index (χ0) is 17.1. The second-order valence-electron chi connectivity index (χ2n) is 6.39. The number of rotatable bonds is 5. The molecule has 24 heavy (non-hydrogen) atoms. The first-order valence-electron chi connectivity index (χ1n) is 8.43. The second kappa shape index (κ2) is 7.70. The zero-order valence-corrected chi connectivity index (χ0v) is 16.1. The number of amides is 1. The van der Waals surface area contributed by atoms with E-state index >= 15 is 0 Å². The lowest BCUT2D eigenvalue weighted by Crippen LogP contribution is -2.37. The minimum absolute atomic E-state index is 0.0963. The lowest BCUT2D eigenvalue weighted by atomic mass is 9.95. The average molecular weight is 365 g/mol. The molecule has 2 aromatic rings. The summed E-state index contributed by atoms with van der Waals surface area (Å²) in [5.41, 5.74) is 2.38. The normalized spacial score (nSPS) is 15.6. The zero-order valence-electron chi connectivity index (χ0n) is 14.5. The number of aryl methyl sites for hydroxylation is 1. The molecule has 5 nitrogen and oxygen atoms in total. The largest absolute Gasteiger partial charge is 0.353 e. The van der Waals surface area contributed by atoms with Gasteiger partial charge in [0.25, 0.3) is 0 Å². The number of hydrogen-bond acceptors (Lipinski definition) is 5. The Morgan fingerprint density at radius 3 is 2.75 bits per heavy atom. The van der Waals surface area contributed by atoms with Crippen LogP contribution < -0.4 is 5.32 Å². The Bertz CT molecular complexity index is 716. The van der Waals surface area contributed by atoms with E-state index in [-0.39, 0.29) is 5.91 Å². The van der Waals surface area contributed by atoms with Gasteiger partial charge in [-0.3, -0.25) is 4.79 Å². The Balaban J connectivity index is 1.60. The molecule has 1 aliphatic rings. The molecule has 130 valence electrons. The maximum Gasteiger partial charge on any atom is 0.230 e. The van der Waals surface area contributed by atoms with Crippen LogP contribution in [0.3, 0.4) is 0 Å². The molecule has 0 radical (unpaired) electrons. The van der Waals surface area contributed by atoms with Gasteiger partial charge in [0.2, 0.25) is 5.91 Å². The maximum absolute atomic E-state index is 12.1. The molecule has 2 heterocycles. The molecule has 0 saturated heterocycles. The Labute approximate surface area is 151 Å². The van der Waals surface area contributed by atoms with Gasteiger partial charge in [-0.25, -0.2) is 0 Å². The number of thioether (sulfide) groups is 1. The summed E-state index contributed by atoms with van der Waals surface area (Å²) in [4.78, 5) is 13.4. The highest BCUT2D eigenvalue weighted by atomic mass is 32.2. The highest BCUT2D eigenvalue weighted by Crippen LogP contribution is 2.30. The van der Waals surface area contributed by atoms with E-state index in [1.807, 2.05) is 11.6 Å². The van der Waals surface area contributed by atoms with Crippen LogP contribution in [0.1, 0.15) is 42.5 Å². The maximum atomic E-state index is 12.1. The van der Waals surface area contributed by atoms with Gasteiger partial charge in [0.05, 0.1) is 5.75 Å². The fourth-order valence-electron chi connectivity index (χ4n) is 3.06. The predicted molar refractivity (Wildman–Crippen MR) is 99.5 cm³/mol. The Morgan fingerprint density at radius 2 is 2.08 bits per heavy atom. The third-order valence-corrected chi connectivity index (χ3v) is 6.70. The van der Waals surface area contributed by atoms with Crippen LogP contribution in [-0.2, 0) is 11.8 Å². The molecular formula is C17H24N4OS2. The molecule has 1 fully saturated rings. The van der Waals surface area contributed by atoms with Crippen LogP contribution in [0.2, 0.25) is 0 Å². The Hall–Kier alpha value is -1.34. The number of nitrogens with zero attached hydrogens (tertiary/aromatic N) is 3. The molecule has 1 aliphatic carbocycles.